The SMILES string of the molecule is COCCn1c(Sc2c(F)c(F)nc(F)c2F)nc2cc(Cl)ccc21. The van der Waals surface area contributed by atoms with Gasteiger partial charge in [-0.15, -0.1) is 0 Å². The van der Waals surface area contributed by atoms with E-state index in [1.807, 2.05) is 0 Å². The van der Waals surface area contributed by atoms with Gasteiger partial charge >= 0.3 is 0 Å². The Balaban J connectivity index is 2.13. The third-order valence-electron chi connectivity index (χ3n) is 3.34. The predicted octanol–water partition coefficient (Wildman–Crippen LogP) is 4.44. The molecule has 0 aliphatic rings. The summed E-state index contributed by atoms with van der Waals surface area (Å²) < 4.78 is 61.0. The van der Waals surface area contributed by atoms with Crippen LogP contribution in [0.2, 0.25) is 5.02 Å². The highest BCUT2D eigenvalue weighted by Crippen LogP contribution is 2.35. The number of halogens is 5. The van der Waals surface area contributed by atoms with E-state index in [2.05, 4.69) is 9.97 Å². The lowest BCUT2D eigenvalue weighted by atomic mass is 10.3. The summed E-state index contributed by atoms with van der Waals surface area (Å²) in [4.78, 5) is 5.93. The molecule has 0 radical (unpaired) electrons. The van der Waals surface area contributed by atoms with E-state index < -0.39 is 28.4 Å². The Labute approximate surface area is 148 Å². The topological polar surface area (TPSA) is 39.9 Å². The van der Waals surface area contributed by atoms with Crippen LogP contribution in [0.25, 0.3) is 11.0 Å². The minimum Gasteiger partial charge on any atom is -0.383 e. The lowest BCUT2D eigenvalue weighted by Crippen LogP contribution is -2.07. The number of hydrogen-bond acceptors (Lipinski definition) is 4. The molecule has 3 aromatic rings. The zero-order valence-electron chi connectivity index (χ0n) is 12.7. The number of methoxy groups -OCH3 is 1. The Bertz CT molecular complexity index is 924. The maximum atomic E-state index is 13.9. The molecule has 25 heavy (non-hydrogen) atoms. The van der Waals surface area contributed by atoms with Gasteiger partial charge < -0.3 is 9.30 Å². The molecule has 0 saturated heterocycles. The maximum Gasteiger partial charge on any atom is 0.252 e. The van der Waals surface area contributed by atoms with E-state index in [0.29, 0.717) is 41.0 Å². The molecule has 0 unspecified atom stereocenters. The van der Waals surface area contributed by atoms with Crippen molar-refractivity contribution in [3.63, 3.8) is 0 Å². The number of benzene rings is 1. The van der Waals surface area contributed by atoms with Gasteiger partial charge in [-0.2, -0.15) is 13.8 Å². The molecule has 3 rings (SSSR count). The summed E-state index contributed by atoms with van der Waals surface area (Å²) in [7, 11) is 1.50. The Kier molecular flexibility index (Phi) is 5.16. The number of imidazole rings is 1. The number of aromatic nitrogens is 3. The van der Waals surface area contributed by atoms with Gasteiger partial charge in [-0.1, -0.05) is 11.6 Å². The Morgan fingerprint density at radius 3 is 2.44 bits per heavy atom. The zero-order valence-corrected chi connectivity index (χ0v) is 14.3. The summed E-state index contributed by atoms with van der Waals surface area (Å²) in [5, 5.41) is 0.566. The van der Waals surface area contributed by atoms with E-state index in [1.165, 1.54) is 7.11 Å². The zero-order chi connectivity index (χ0) is 18.1. The van der Waals surface area contributed by atoms with E-state index in [0.717, 1.165) is 0 Å². The average Bonchev–Trinajstić information content (AvgIpc) is 2.91. The van der Waals surface area contributed by atoms with Gasteiger partial charge in [0, 0.05) is 18.7 Å². The second-order valence-corrected chi connectivity index (χ2v) is 6.34. The molecule has 0 aliphatic carbocycles. The molecule has 132 valence electrons. The van der Waals surface area contributed by atoms with Gasteiger partial charge in [0.15, 0.2) is 16.8 Å². The van der Waals surface area contributed by atoms with Crippen LogP contribution in [0, 0.1) is 23.5 Å². The van der Waals surface area contributed by atoms with Crippen molar-refractivity contribution in [3.05, 3.63) is 46.8 Å². The van der Waals surface area contributed by atoms with Crippen LogP contribution in [0.15, 0.2) is 28.3 Å². The van der Waals surface area contributed by atoms with Crippen molar-refractivity contribution in [2.24, 2.45) is 0 Å². The van der Waals surface area contributed by atoms with E-state index in [4.69, 9.17) is 16.3 Å². The van der Waals surface area contributed by atoms with Crippen molar-refractivity contribution in [1.29, 1.82) is 0 Å². The Morgan fingerprint density at radius 1 is 1.12 bits per heavy atom. The number of rotatable bonds is 5. The first kappa shape index (κ1) is 18.0. The largest absolute Gasteiger partial charge is 0.383 e. The van der Waals surface area contributed by atoms with Crippen molar-refractivity contribution < 1.29 is 22.3 Å². The van der Waals surface area contributed by atoms with Crippen LogP contribution in [0.1, 0.15) is 0 Å². The third-order valence-corrected chi connectivity index (χ3v) is 4.64. The lowest BCUT2D eigenvalue weighted by molar-refractivity contribution is 0.186. The first-order valence-electron chi connectivity index (χ1n) is 6.95. The first-order valence-corrected chi connectivity index (χ1v) is 8.14. The van der Waals surface area contributed by atoms with Gasteiger partial charge in [-0.05, 0) is 30.0 Å². The molecular weight excluding hydrogens is 382 g/mol. The number of hydrogen-bond donors (Lipinski definition) is 0. The molecular formula is C15H10ClF4N3OS. The lowest BCUT2D eigenvalue weighted by Gasteiger charge is -2.09. The minimum absolute atomic E-state index is 0.136. The molecule has 0 amide bonds. The summed E-state index contributed by atoms with van der Waals surface area (Å²) in [6.07, 6.45) is 0. The van der Waals surface area contributed by atoms with Crippen molar-refractivity contribution in [2.45, 2.75) is 16.6 Å². The maximum absolute atomic E-state index is 13.9. The highest BCUT2D eigenvalue weighted by atomic mass is 35.5. The Hall–Kier alpha value is -1.84. The van der Waals surface area contributed by atoms with Gasteiger partial charge in [0.1, 0.15) is 0 Å². The molecule has 0 saturated carbocycles. The van der Waals surface area contributed by atoms with Crippen LogP contribution in [0.5, 0.6) is 0 Å². The van der Waals surface area contributed by atoms with Gasteiger partial charge in [0.2, 0.25) is 0 Å². The smallest absolute Gasteiger partial charge is 0.252 e. The molecule has 0 spiro atoms. The Morgan fingerprint density at radius 2 is 1.80 bits per heavy atom. The summed E-state index contributed by atoms with van der Waals surface area (Å²) in [6, 6.07) is 4.89. The number of ether oxygens (including phenoxy) is 1. The molecule has 0 aliphatic heterocycles. The van der Waals surface area contributed by atoms with Crippen molar-refractivity contribution in [3.8, 4) is 0 Å². The summed E-state index contributed by atoms with van der Waals surface area (Å²) in [6.45, 7) is 0.613. The molecule has 4 nitrogen and oxygen atoms in total. The molecule has 10 heteroatoms. The predicted molar refractivity (Wildman–Crippen MR) is 84.8 cm³/mol. The molecule has 2 heterocycles. The van der Waals surface area contributed by atoms with Gasteiger partial charge in [-0.25, -0.2) is 13.8 Å². The second-order valence-electron chi connectivity index (χ2n) is 4.92. The standard InChI is InChI=1S/C15H10ClF4N3OS/c1-24-5-4-23-9-3-2-7(16)6-8(9)21-15(23)25-12-10(17)13(19)22-14(20)11(12)18/h2-3,6H,4-5H2,1H3. The van der Waals surface area contributed by atoms with E-state index in [9.17, 15) is 17.6 Å². The molecule has 0 N–H and O–H groups in total. The summed E-state index contributed by atoms with van der Waals surface area (Å²) in [5.41, 5.74) is 1.11. The molecule has 0 bridgehead atoms. The van der Waals surface area contributed by atoms with E-state index >= 15 is 0 Å². The minimum atomic E-state index is -1.72. The van der Waals surface area contributed by atoms with Crippen LogP contribution in [-0.4, -0.2) is 28.3 Å². The number of fused-ring (bicyclic) bond motifs is 1. The summed E-state index contributed by atoms with van der Waals surface area (Å²) in [5.74, 6) is -6.59. The fourth-order valence-corrected chi connectivity index (χ4v) is 3.35. The van der Waals surface area contributed by atoms with Crippen molar-refractivity contribution >= 4 is 34.4 Å². The fourth-order valence-electron chi connectivity index (χ4n) is 2.21. The molecule has 0 atom stereocenters. The van der Waals surface area contributed by atoms with Gasteiger partial charge in [0.05, 0.1) is 22.5 Å². The third kappa shape index (κ3) is 3.44. The molecule has 2 aromatic heterocycles. The fraction of sp³-hybridized carbons (Fsp3) is 0.200. The van der Waals surface area contributed by atoms with Crippen molar-refractivity contribution in [1.82, 2.24) is 14.5 Å². The number of nitrogens with zero attached hydrogens (tertiary/aromatic N) is 3. The monoisotopic (exact) mass is 391 g/mol. The number of pyridine rings is 1. The quantitative estimate of drug-likeness (QED) is 0.476. The normalized spacial score (nSPS) is 11.4. The second kappa shape index (κ2) is 7.19. The van der Waals surface area contributed by atoms with Gasteiger partial charge in [0.25, 0.3) is 11.9 Å². The molecule has 1 aromatic carbocycles. The highest BCUT2D eigenvalue weighted by Gasteiger charge is 2.24. The van der Waals surface area contributed by atoms with Crippen LogP contribution < -0.4 is 0 Å². The highest BCUT2D eigenvalue weighted by molar-refractivity contribution is 7.99. The van der Waals surface area contributed by atoms with Crippen LogP contribution in [-0.2, 0) is 11.3 Å². The van der Waals surface area contributed by atoms with Crippen LogP contribution in [0.4, 0.5) is 17.6 Å². The van der Waals surface area contributed by atoms with Crippen LogP contribution >= 0.6 is 23.4 Å². The van der Waals surface area contributed by atoms with Crippen LogP contribution in [0.3, 0.4) is 0 Å². The van der Waals surface area contributed by atoms with E-state index in [-0.39, 0.29) is 5.16 Å². The van der Waals surface area contributed by atoms with Crippen molar-refractivity contribution in [2.75, 3.05) is 13.7 Å². The van der Waals surface area contributed by atoms with E-state index in [1.54, 1.807) is 22.8 Å². The summed E-state index contributed by atoms with van der Waals surface area (Å²) >= 11 is 6.39. The first-order chi connectivity index (χ1) is 11.9. The molecule has 0 fully saturated rings. The average molecular weight is 392 g/mol. The van der Waals surface area contributed by atoms with Gasteiger partial charge in [-0.3, -0.25) is 0 Å².